The number of thioether (sulfide) groups is 1. The average molecular weight is 365 g/mol. The summed E-state index contributed by atoms with van der Waals surface area (Å²) in [6.45, 7) is 6.41. The molecule has 0 aromatic heterocycles. The number of anilines is 1. The molecule has 0 bridgehead atoms. The normalized spacial score (nSPS) is 11.2. The molecule has 5 nitrogen and oxygen atoms in total. The van der Waals surface area contributed by atoms with Crippen LogP contribution in [0.15, 0.2) is 29.3 Å². The molecule has 1 rings (SSSR count). The highest BCUT2D eigenvalue weighted by molar-refractivity contribution is 7.98. The molecule has 0 spiro atoms. The van der Waals surface area contributed by atoms with Gasteiger partial charge in [-0.05, 0) is 55.9 Å². The Kier molecular flexibility index (Phi) is 11.6. The lowest BCUT2D eigenvalue weighted by Crippen LogP contribution is -2.37. The van der Waals surface area contributed by atoms with Gasteiger partial charge in [-0.2, -0.15) is 11.8 Å². The van der Waals surface area contributed by atoms with Crippen LogP contribution < -0.4 is 16.0 Å². The van der Waals surface area contributed by atoms with Gasteiger partial charge in [0.1, 0.15) is 0 Å². The molecule has 0 radical (unpaired) electrons. The fourth-order valence-corrected chi connectivity index (χ4v) is 2.78. The number of hydrogen-bond donors (Lipinski definition) is 3. The van der Waals surface area contributed by atoms with Gasteiger partial charge in [-0.15, -0.1) is 0 Å². The van der Waals surface area contributed by atoms with Gasteiger partial charge in [-0.1, -0.05) is 19.1 Å². The van der Waals surface area contributed by atoms with E-state index in [0.717, 1.165) is 43.1 Å². The Labute approximate surface area is 156 Å². The predicted molar refractivity (Wildman–Crippen MR) is 110 cm³/mol. The molecule has 6 heteroatoms. The zero-order valence-electron chi connectivity index (χ0n) is 15.7. The van der Waals surface area contributed by atoms with E-state index < -0.39 is 0 Å². The molecule has 1 amide bonds. The van der Waals surface area contributed by atoms with E-state index in [1.54, 1.807) is 0 Å². The summed E-state index contributed by atoms with van der Waals surface area (Å²) < 4.78 is 0. The fraction of sp³-hybridized carbons (Fsp3) is 0.579. The number of guanidine groups is 1. The van der Waals surface area contributed by atoms with Crippen molar-refractivity contribution in [2.75, 3.05) is 30.4 Å². The number of carbonyl (C=O) groups excluding carboxylic acids is 1. The zero-order chi connectivity index (χ0) is 18.3. The molecule has 0 heterocycles. The van der Waals surface area contributed by atoms with Crippen molar-refractivity contribution >= 4 is 29.3 Å². The van der Waals surface area contributed by atoms with Crippen LogP contribution in [0.1, 0.15) is 45.1 Å². The largest absolute Gasteiger partial charge is 0.357 e. The summed E-state index contributed by atoms with van der Waals surface area (Å²) in [5.74, 6) is 2.10. The first-order valence-electron chi connectivity index (χ1n) is 9.09. The van der Waals surface area contributed by atoms with Gasteiger partial charge in [0.25, 0.3) is 0 Å². The lowest BCUT2D eigenvalue weighted by molar-refractivity contribution is -0.116. The maximum Gasteiger partial charge on any atom is 0.224 e. The molecule has 0 aliphatic carbocycles. The number of aliphatic imine (C=N–C) groups is 1. The summed E-state index contributed by atoms with van der Waals surface area (Å²) in [6, 6.07) is 7.88. The van der Waals surface area contributed by atoms with Gasteiger partial charge in [-0.3, -0.25) is 4.79 Å². The minimum absolute atomic E-state index is 0.0587. The first-order valence-corrected chi connectivity index (χ1v) is 10.5. The Balaban J connectivity index is 2.55. The average Bonchev–Trinajstić information content (AvgIpc) is 2.60. The molecule has 25 heavy (non-hydrogen) atoms. The second kappa shape index (κ2) is 13.6. The molecule has 0 aliphatic rings. The second-order valence-electron chi connectivity index (χ2n) is 5.82. The lowest BCUT2D eigenvalue weighted by atomic mass is 10.2. The Morgan fingerprint density at radius 2 is 2.04 bits per heavy atom. The molecule has 1 aromatic carbocycles. The third-order valence-electron chi connectivity index (χ3n) is 3.52. The van der Waals surface area contributed by atoms with E-state index >= 15 is 0 Å². The van der Waals surface area contributed by atoms with Gasteiger partial charge >= 0.3 is 0 Å². The van der Waals surface area contributed by atoms with Crippen LogP contribution in [0.4, 0.5) is 5.69 Å². The van der Waals surface area contributed by atoms with Gasteiger partial charge in [0.15, 0.2) is 5.96 Å². The molecular weight excluding hydrogens is 332 g/mol. The van der Waals surface area contributed by atoms with Crippen molar-refractivity contribution < 1.29 is 4.79 Å². The Morgan fingerprint density at radius 3 is 2.76 bits per heavy atom. The van der Waals surface area contributed by atoms with Crippen LogP contribution >= 0.6 is 11.8 Å². The minimum atomic E-state index is 0.0587. The quantitative estimate of drug-likeness (QED) is 0.319. The Bertz CT molecular complexity index is 534. The van der Waals surface area contributed by atoms with Crippen molar-refractivity contribution in [2.45, 2.75) is 46.1 Å². The van der Waals surface area contributed by atoms with Gasteiger partial charge in [0.05, 0.1) is 6.54 Å². The number of benzene rings is 1. The van der Waals surface area contributed by atoms with Crippen molar-refractivity contribution in [1.29, 1.82) is 0 Å². The van der Waals surface area contributed by atoms with E-state index in [1.165, 1.54) is 12.2 Å². The van der Waals surface area contributed by atoms with E-state index in [1.807, 2.05) is 43.0 Å². The second-order valence-corrected chi connectivity index (χ2v) is 6.81. The molecule has 140 valence electrons. The third kappa shape index (κ3) is 10.0. The number of nitrogens with one attached hydrogen (secondary N) is 3. The van der Waals surface area contributed by atoms with Crippen molar-refractivity contribution in [3.05, 3.63) is 29.8 Å². The summed E-state index contributed by atoms with van der Waals surface area (Å²) in [5.41, 5.74) is 1.91. The molecule has 1 aromatic rings. The van der Waals surface area contributed by atoms with E-state index in [4.69, 9.17) is 0 Å². The van der Waals surface area contributed by atoms with Crippen molar-refractivity contribution in [2.24, 2.45) is 4.99 Å². The minimum Gasteiger partial charge on any atom is -0.357 e. The van der Waals surface area contributed by atoms with Crippen molar-refractivity contribution in [3.8, 4) is 0 Å². The van der Waals surface area contributed by atoms with Gasteiger partial charge in [-0.25, -0.2) is 4.99 Å². The van der Waals surface area contributed by atoms with Crippen LogP contribution in [0.5, 0.6) is 0 Å². The zero-order valence-corrected chi connectivity index (χ0v) is 16.5. The number of carbonyl (C=O) groups is 1. The Morgan fingerprint density at radius 1 is 1.20 bits per heavy atom. The van der Waals surface area contributed by atoms with E-state index in [2.05, 4.69) is 34.1 Å². The van der Waals surface area contributed by atoms with Crippen molar-refractivity contribution in [3.63, 3.8) is 0 Å². The Hall–Kier alpha value is -1.69. The lowest BCUT2D eigenvalue weighted by Gasteiger charge is -2.11. The first-order chi connectivity index (χ1) is 12.2. The van der Waals surface area contributed by atoms with E-state index in [0.29, 0.717) is 13.0 Å². The summed E-state index contributed by atoms with van der Waals surface area (Å²) in [4.78, 5) is 16.3. The van der Waals surface area contributed by atoms with Gasteiger partial charge < -0.3 is 16.0 Å². The molecule has 0 aliphatic heterocycles. The highest BCUT2D eigenvalue weighted by Crippen LogP contribution is 2.12. The third-order valence-corrected chi connectivity index (χ3v) is 4.22. The van der Waals surface area contributed by atoms with Crippen LogP contribution in [0.2, 0.25) is 0 Å². The molecule has 0 unspecified atom stereocenters. The van der Waals surface area contributed by atoms with Crippen LogP contribution in [0.3, 0.4) is 0 Å². The van der Waals surface area contributed by atoms with Crippen LogP contribution in [0, 0.1) is 0 Å². The number of rotatable bonds is 11. The van der Waals surface area contributed by atoms with Crippen LogP contribution in [-0.2, 0) is 11.3 Å². The topological polar surface area (TPSA) is 65.5 Å². The SMILES string of the molecule is CCCC(=O)Nc1cccc(CN=C(NCC)NCCCCSC)c1. The summed E-state index contributed by atoms with van der Waals surface area (Å²) in [7, 11) is 0. The van der Waals surface area contributed by atoms with E-state index in [9.17, 15) is 4.79 Å². The molecular formula is C19H32N4OS. The number of nitrogens with zero attached hydrogens (tertiary/aromatic N) is 1. The fourth-order valence-electron chi connectivity index (χ4n) is 2.29. The van der Waals surface area contributed by atoms with Crippen LogP contribution in [-0.4, -0.2) is 37.0 Å². The summed E-state index contributed by atoms with van der Waals surface area (Å²) in [5, 5.41) is 9.57. The van der Waals surface area contributed by atoms with E-state index in [-0.39, 0.29) is 5.91 Å². The first kappa shape index (κ1) is 21.4. The maximum atomic E-state index is 11.7. The van der Waals surface area contributed by atoms with Gasteiger partial charge in [0.2, 0.25) is 5.91 Å². The standard InChI is InChI=1S/C19H32N4OS/c1-4-9-18(24)23-17-11-8-10-16(14-17)15-22-19(20-5-2)21-12-6-7-13-25-3/h8,10-11,14H,4-7,9,12-13,15H2,1-3H3,(H,23,24)(H2,20,21,22). The number of unbranched alkanes of at least 4 members (excludes halogenated alkanes) is 1. The van der Waals surface area contributed by atoms with Gasteiger partial charge in [0, 0.05) is 25.2 Å². The van der Waals surface area contributed by atoms with Crippen molar-refractivity contribution in [1.82, 2.24) is 10.6 Å². The summed E-state index contributed by atoms with van der Waals surface area (Å²) in [6.07, 6.45) is 5.90. The molecule has 0 fully saturated rings. The smallest absolute Gasteiger partial charge is 0.224 e. The molecule has 0 saturated heterocycles. The number of hydrogen-bond acceptors (Lipinski definition) is 3. The highest BCUT2D eigenvalue weighted by atomic mass is 32.2. The molecule has 3 N–H and O–H groups in total. The summed E-state index contributed by atoms with van der Waals surface area (Å²) >= 11 is 1.88. The predicted octanol–water partition coefficient (Wildman–Crippen LogP) is 3.62. The van der Waals surface area contributed by atoms with Crippen LogP contribution in [0.25, 0.3) is 0 Å². The molecule has 0 atom stereocenters. The molecule has 0 saturated carbocycles. The monoisotopic (exact) mass is 364 g/mol. The number of amides is 1. The highest BCUT2D eigenvalue weighted by Gasteiger charge is 2.02. The maximum absolute atomic E-state index is 11.7.